The van der Waals surface area contributed by atoms with Crippen LogP contribution in [0, 0.1) is 0 Å². The Bertz CT molecular complexity index is 707. The van der Waals surface area contributed by atoms with Gasteiger partial charge in [0.2, 0.25) is 0 Å². The van der Waals surface area contributed by atoms with Crippen molar-refractivity contribution in [3.05, 3.63) is 26.8 Å². The van der Waals surface area contributed by atoms with Crippen LogP contribution in [-0.2, 0) is 0 Å². The van der Waals surface area contributed by atoms with Crippen molar-refractivity contribution in [2.45, 2.75) is 142 Å². The average molecular weight is 791 g/mol. The zero-order valence-corrected chi connectivity index (χ0v) is 33.2. The Hall–Kier alpha value is 2.28. The van der Waals surface area contributed by atoms with E-state index in [-0.39, 0.29) is 0 Å². The third kappa shape index (κ3) is 17.1. The highest BCUT2D eigenvalue weighted by Crippen LogP contribution is 2.64. The summed E-state index contributed by atoms with van der Waals surface area (Å²) in [6.45, 7) is 4.61. The van der Waals surface area contributed by atoms with Crippen LogP contribution in [0.15, 0.2) is 26.8 Å². The molecule has 2 rings (SSSR count). The first-order chi connectivity index (χ1) is 19.7. The van der Waals surface area contributed by atoms with Gasteiger partial charge >= 0.3 is 0 Å². The van der Waals surface area contributed by atoms with Gasteiger partial charge in [0, 0.05) is 20.5 Å². The minimum Gasteiger partial charge on any atom is -0.117 e. The SMILES string of the molecule is CCCCCCCCCCCCSC1=C(SCCCCCCCCCCCC)SC(=C2SC(CBr)=C(CBr)S2)S1. The lowest BCUT2D eigenvalue weighted by atomic mass is 10.1. The minimum atomic E-state index is 0.964. The predicted octanol–water partition coefficient (Wildman–Crippen LogP) is 15.5. The number of thioether (sulfide) groups is 6. The van der Waals surface area contributed by atoms with E-state index in [1.165, 1.54) is 158 Å². The molecule has 0 unspecified atom stereocenters. The van der Waals surface area contributed by atoms with Crippen LogP contribution in [0.1, 0.15) is 142 Å². The molecule has 0 N–H and O–H groups in total. The first-order valence-corrected chi connectivity index (χ1v) is 23.5. The second-order valence-electron chi connectivity index (χ2n) is 10.7. The number of hydrogen-bond acceptors (Lipinski definition) is 6. The topological polar surface area (TPSA) is 0 Å². The largest absolute Gasteiger partial charge is 0.117 e. The van der Waals surface area contributed by atoms with Crippen LogP contribution in [0.25, 0.3) is 0 Å². The highest BCUT2D eigenvalue weighted by Gasteiger charge is 2.29. The smallest absolute Gasteiger partial charge is 0.0717 e. The van der Waals surface area contributed by atoms with Gasteiger partial charge < -0.3 is 0 Å². The number of unbranched alkanes of at least 4 members (excludes halogenated alkanes) is 18. The molecule has 0 saturated carbocycles. The number of hydrogen-bond donors (Lipinski definition) is 0. The molecule has 2 aliphatic rings. The fourth-order valence-electron chi connectivity index (χ4n) is 4.69. The number of rotatable bonds is 26. The van der Waals surface area contributed by atoms with E-state index in [1.54, 1.807) is 8.47 Å². The van der Waals surface area contributed by atoms with E-state index >= 15 is 0 Å². The summed E-state index contributed by atoms with van der Waals surface area (Å²) in [6.07, 6.45) is 28.4. The van der Waals surface area contributed by atoms with Gasteiger partial charge in [-0.3, -0.25) is 0 Å². The molecule has 2 heterocycles. The monoisotopic (exact) mass is 788 g/mol. The fourth-order valence-corrected chi connectivity index (χ4v) is 15.2. The Morgan fingerprint density at radius 1 is 0.425 bits per heavy atom. The van der Waals surface area contributed by atoms with E-state index in [9.17, 15) is 0 Å². The van der Waals surface area contributed by atoms with E-state index in [2.05, 4.69) is 92.8 Å². The van der Waals surface area contributed by atoms with E-state index < -0.39 is 0 Å². The standard InChI is InChI=1S/C32H54Br2S6/c1-3-5-7-9-11-13-15-17-19-21-23-35-29-30(36-24-22-20-18-16-14-12-10-8-6-4-2)40-32(39-29)31-37-27(25-33)28(26-34)38-31/h3-26H2,1-2H3. The van der Waals surface area contributed by atoms with E-state index in [4.69, 9.17) is 0 Å². The quantitative estimate of drug-likeness (QED) is 0.0628. The van der Waals surface area contributed by atoms with Gasteiger partial charge in [-0.15, -0.1) is 23.5 Å². The molecule has 2 aliphatic heterocycles. The highest BCUT2D eigenvalue weighted by atomic mass is 79.9. The Labute approximate surface area is 290 Å². The Kier molecular flexibility index (Phi) is 25.5. The molecule has 232 valence electrons. The van der Waals surface area contributed by atoms with Gasteiger partial charge in [-0.05, 0) is 24.3 Å². The van der Waals surface area contributed by atoms with Gasteiger partial charge in [-0.25, -0.2) is 0 Å². The molecule has 40 heavy (non-hydrogen) atoms. The zero-order valence-electron chi connectivity index (χ0n) is 25.2. The van der Waals surface area contributed by atoms with Crippen molar-refractivity contribution in [1.29, 1.82) is 0 Å². The number of allylic oxidation sites excluding steroid dienone is 2. The molecule has 0 aromatic carbocycles. The van der Waals surface area contributed by atoms with Crippen molar-refractivity contribution >= 4 is 102 Å². The van der Waals surface area contributed by atoms with Crippen LogP contribution in [0.5, 0.6) is 0 Å². The molecule has 0 amide bonds. The summed E-state index contributed by atoms with van der Waals surface area (Å²) in [7, 11) is 0. The van der Waals surface area contributed by atoms with Crippen LogP contribution in [-0.4, -0.2) is 22.2 Å². The van der Waals surface area contributed by atoms with Crippen molar-refractivity contribution in [3.63, 3.8) is 0 Å². The van der Waals surface area contributed by atoms with Gasteiger partial charge in [0.05, 0.1) is 16.9 Å². The highest BCUT2D eigenvalue weighted by molar-refractivity contribution is 9.09. The molecule has 0 bridgehead atoms. The first kappa shape index (κ1) is 38.5. The summed E-state index contributed by atoms with van der Waals surface area (Å²) in [5.74, 6) is 2.56. The van der Waals surface area contributed by atoms with Crippen molar-refractivity contribution < 1.29 is 0 Å². The molecule has 0 nitrogen and oxygen atoms in total. The molecule has 0 atom stereocenters. The Morgan fingerprint density at radius 2 is 0.725 bits per heavy atom. The molecule has 8 heteroatoms. The zero-order chi connectivity index (χ0) is 28.7. The molecular formula is C32H54Br2S6. The van der Waals surface area contributed by atoms with Gasteiger partial charge in [-0.1, -0.05) is 208 Å². The van der Waals surface area contributed by atoms with Crippen LogP contribution < -0.4 is 0 Å². The second kappa shape index (κ2) is 26.5. The third-order valence-electron chi connectivity index (χ3n) is 7.15. The van der Waals surface area contributed by atoms with Gasteiger partial charge in [0.15, 0.2) is 0 Å². The molecule has 0 aromatic heterocycles. The lowest BCUT2D eigenvalue weighted by Crippen LogP contribution is -1.85. The lowest BCUT2D eigenvalue weighted by Gasteiger charge is -2.06. The van der Waals surface area contributed by atoms with Crippen molar-refractivity contribution in [2.24, 2.45) is 0 Å². The molecule has 0 aliphatic carbocycles. The minimum absolute atomic E-state index is 0.964. The van der Waals surface area contributed by atoms with Crippen LogP contribution in [0.4, 0.5) is 0 Å². The van der Waals surface area contributed by atoms with Gasteiger partial charge in [0.25, 0.3) is 0 Å². The normalized spacial score (nSPS) is 15.9. The molecular weight excluding hydrogens is 737 g/mol. The molecule has 0 aromatic rings. The summed E-state index contributed by atoms with van der Waals surface area (Å²) < 4.78 is 6.22. The maximum Gasteiger partial charge on any atom is 0.0717 e. The average Bonchev–Trinajstić information content (AvgIpc) is 3.58. The second-order valence-corrected chi connectivity index (χ2v) is 19.3. The summed E-state index contributed by atoms with van der Waals surface area (Å²) in [5.41, 5.74) is 0. The van der Waals surface area contributed by atoms with Crippen molar-refractivity contribution in [2.75, 3.05) is 22.2 Å². The Balaban J connectivity index is 1.71. The fraction of sp³-hybridized carbons (Fsp3) is 0.812. The first-order valence-electron chi connectivity index (χ1n) is 16.0. The van der Waals surface area contributed by atoms with Gasteiger partial charge in [0.1, 0.15) is 0 Å². The molecule has 0 spiro atoms. The van der Waals surface area contributed by atoms with Crippen molar-refractivity contribution in [1.82, 2.24) is 0 Å². The summed E-state index contributed by atoms with van der Waals surface area (Å²) in [5, 5.41) is 1.93. The Morgan fingerprint density at radius 3 is 1.05 bits per heavy atom. The summed E-state index contributed by atoms with van der Waals surface area (Å²) in [4.78, 5) is 2.97. The molecule has 0 radical (unpaired) electrons. The maximum absolute atomic E-state index is 3.71. The third-order valence-corrected chi connectivity index (χ3v) is 17.9. The summed E-state index contributed by atoms with van der Waals surface area (Å²) >= 11 is 19.8. The molecule has 0 saturated heterocycles. The van der Waals surface area contributed by atoms with Crippen LogP contribution >= 0.6 is 102 Å². The predicted molar refractivity (Wildman–Crippen MR) is 208 cm³/mol. The summed E-state index contributed by atoms with van der Waals surface area (Å²) in [6, 6.07) is 0. The van der Waals surface area contributed by atoms with Crippen LogP contribution in [0.3, 0.4) is 0 Å². The van der Waals surface area contributed by atoms with Crippen LogP contribution in [0.2, 0.25) is 0 Å². The van der Waals surface area contributed by atoms with Gasteiger partial charge in [-0.2, -0.15) is 0 Å². The number of halogens is 2. The molecule has 0 fully saturated rings. The van der Waals surface area contributed by atoms with E-state index in [1.807, 2.05) is 23.5 Å². The number of alkyl halides is 2. The van der Waals surface area contributed by atoms with E-state index in [0.717, 1.165) is 10.7 Å². The maximum atomic E-state index is 3.71. The van der Waals surface area contributed by atoms with Crippen molar-refractivity contribution in [3.8, 4) is 0 Å². The lowest BCUT2D eigenvalue weighted by molar-refractivity contribution is 0.563. The van der Waals surface area contributed by atoms with E-state index in [0.29, 0.717) is 0 Å².